The fourth-order valence-electron chi connectivity index (χ4n) is 1.48. The largest absolute Gasteiger partial charge is 0.383 e. The number of ether oxygens (including phenoxy) is 1. The van der Waals surface area contributed by atoms with E-state index in [9.17, 15) is 0 Å². The molecular weight excluding hydrogens is 180 g/mol. The van der Waals surface area contributed by atoms with Gasteiger partial charge in [0.15, 0.2) is 0 Å². The van der Waals surface area contributed by atoms with Crippen molar-refractivity contribution in [2.45, 2.75) is 25.3 Å². The van der Waals surface area contributed by atoms with Gasteiger partial charge in [-0.05, 0) is 12.8 Å². The Morgan fingerprint density at radius 3 is 3.21 bits per heavy atom. The molecule has 14 heavy (non-hydrogen) atoms. The molecule has 0 radical (unpaired) electrons. The Morgan fingerprint density at radius 1 is 1.64 bits per heavy atom. The number of rotatable bonds is 6. The summed E-state index contributed by atoms with van der Waals surface area (Å²) < 4.78 is 10.2. The van der Waals surface area contributed by atoms with Crippen LogP contribution in [-0.4, -0.2) is 25.4 Å². The highest BCUT2D eigenvalue weighted by molar-refractivity contribution is 5.21. The number of hydrogen-bond acceptors (Lipinski definition) is 4. The standard InChI is InChI=1S/C10H16N2O2/c1-13-5-4-11-6-9-7-12-14-10(9)8-2-3-8/h7-8,11H,2-6H2,1H3. The lowest BCUT2D eigenvalue weighted by Crippen LogP contribution is -2.18. The average molecular weight is 196 g/mol. The summed E-state index contributed by atoms with van der Waals surface area (Å²) in [6, 6.07) is 0. The molecule has 0 unspecified atom stereocenters. The second-order valence-corrected chi connectivity index (χ2v) is 3.66. The Kier molecular flexibility index (Phi) is 3.16. The first kappa shape index (κ1) is 9.68. The molecule has 1 heterocycles. The fourth-order valence-corrected chi connectivity index (χ4v) is 1.48. The Morgan fingerprint density at radius 2 is 2.50 bits per heavy atom. The van der Waals surface area contributed by atoms with Gasteiger partial charge in [-0.1, -0.05) is 5.16 Å². The molecule has 1 aromatic heterocycles. The Labute approximate surface area is 83.6 Å². The third-order valence-electron chi connectivity index (χ3n) is 2.42. The minimum atomic E-state index is 0.636. The quantitative estimate of drug-likeness (QED) is 0.696. The Balaban J connectivity index is 1.80. The summed E-state index contributed by atoms with van der Waals surface area (Å²) in [7, 11) is 1.71. The smallest absolute Gasteiger partial charge is 0.144 e. The fraction of sp³-hybridized carbons (Fsp3) is 0.700. The molecule has 0 aromatic carbocycles. The van der Waals surface area contributed by atoms with Gasteiger partial charge in [0.1, 0.15) is 5.76 Å². The summed E-state index contributed by atoms with van der Waals surface area (Å²) >= 11 is 0. The van der Waals surface area contributed by atoms with Crippen molar-refractivity contribution in [3.05, 3.63) is 17.5 Å². The zero-order valence-electron chi connectivity index (χ0n) is 8.45. The molecule has 1 fully saturated rings. The summed E-state index contributed by atoms with van der Waals surface area (Å²) in [6.45, 7) is 2.44. The molecule has 1 saturated carbocycles. The van der Waals surface area contributed by atoms with Gasteiger partial charge < -0.3 is 14.6 Å². The molecule has 1 aromatic rings. The van der Waals surface area contributed by atoms with Crippen LogP contribution in [0.25, 0.3) is 0 Å². The number of aromatic nitrogens is 1. The zero-order chi connectivity index (χ0) is 9.80. The van der Waals surface area contributed by atoms with E-state index in [4.69, 9.17) is 9.26 Å². The second kappa shape index (κ2) is 4.57. The van der Waals surface area contributed by atoms with Crippen LogP contribution in [0.1, 0.15) is 30.1 Å². The number of hydrogen-bond donors (Lipinski definition) is 1. The van der Waals surface area contributed by atoms with E-state index < -0.39 is 0 Å². The minimum Gasteiger partial charge on any atom is -0.383 e. The number of methoxy groups -OCH3 is 1. The predicted octanol–water partition coefficient (Wildman–Crippen LogP) is 1.29. The van der Waals surface area contributed by atoms with Crippen LogP contribution in [0.4, 0.5) is 0 Å². The van der Waals surface area contributed by atoms with E-state index in [1.165, 1.54) is 18.4 Å². The van der Waals surface area contributed by atoms with Crippen molar-refractivity contribution in [2.75, 3.05) is 20.3 Å². The van der Waals surface area contributed by atoms with Crippen molar-refractivity contribution in [1.82, 2.24) is 10.5 Å². The lowest BCUT2D eigenvalue weighted by molar-refractivity contribution is 0.199. The molecule has 1 aliphatic carbocycles. The monoisotopic (exact) mass is 196 g/mol. The van der Waals surface area contributed by atoms with Crippen LogP contribution >= 0.6 is 0 Å². The number of nitrogens with one attached hydrogen (secondary N) is 1. The number of nitrogens with zero attached hydrogens (tertiary/aromatic N) is 1. The maximum atomic E-state index is 5.22. The van der Waals surface area contributed by atoms with E-state index in [1.807, 2.05) is 6.20 Å². The molecule has 0 saturated heterocycles. The first-order valence-corrected chi connectivity index (χ1v) is 5.05. The van der Waals surface area contributed by atoms with Gasteiger partial charge in [0.2, 0.25) is 0 Å². The van der Waals surface area contributed by atoms with Crippen molar-refractivity contribution >= 4 is 0 Å². The predicted molar refractivity (Wildman–Crippen MR) is 52.1 cm³/mol. The summed E-state index contributed by atoms with van der Waals surface area (Å²) in [4.78, 5) is 0. The van der Waals surface area contributed by atoms with Crippen molar-refractivity contribution in [3.8, 4) is 0 Å². The van der Waals surface area contributed by atoms with E-state index in [0.29, 0.717) is 5.92 Å². The van der Waals surface area contributed by atoms with Crippen LogP contribution in [0.15, 0.2) is 10.7 Å². The first-order chi connectivity index (χ1) is 6.92. The van der Waals surface area contributed by atoms with E-state index in [-0.39, 0.29) is 0 Å². The van der Waals surface area contributed by atoms with E-state index >= 15 is 0 Å². The molecule has 1 aliphatic rings. The second-order valence-electron chi connectivity index (χ2n) is 3.66. The first-order valence-electron chi connectivity index (χ1n) is 5.05. The van der Waals surface area contributed by atoms with Crippen LogP contribution in [0.2, 0.25) is 0 Å². The molecule has 4 nitrogen and oxygen atoms in total. The van der Waals surface area contributed by atoms with Gasteiger partial charge in [0.05, 0.1) is 12.8 Å². The maximum absolute atomic E-state index is 5.22. The van der Waals surface area contributed by atoms with E-state index in [1.54, 1.807) is 7.11 Å². The Hall–Kier alpha value is -0.870. The molecule has 0 bridgehead atoms. The Bertz CT molecular complexity index is 281. The van der Waals surface area contributed by atoms with E-state index in [0.717, 1.165) is 25.5 Å². The van der Waals surface area contributed by atoms with Crippen molar-refractivity contribution < 1.29 is 9.26 Å². The molecule has 78 valence electrons. The summed E-state index contributed by atoms with van der Waals surface area (Å²) in [5.41, 5.74) is 1.20. The third-order valence-corrected chi connectivity index (χ3v) is 2.42. The van der Waals surface area contributed by atoms with Crippen LogP contribution in [0, 0.1) is 0 Å². The molecule has 0 aliphatic heterocycles. The lowest BCUT2D eigenvalue weighted by Gasteiger charge is -2.02. The third kappa shape index (κ3) is 2.33. The van der Waals surface area contributed by atoms with Crippen molar-refractivity contribution in [2.24, 2.45) is 0 Å². The van der Waals surface area contributed by atoms with Crippen LogP contribution in [0.5, 0.6) is 0 Å². The van der Waals surface area contributed by atoms with Crippen molar-refractivity contribution in [1.29, 1.82) is 0 Å². The molecule has 4 heteroatoms. The van der Waals surface area contributed by atoms with Gasteiger partial charge in [-0.3, -0.25) is 0 Å². The van der Waals surface area contributed by atoms with Crippen LogP contribution in [-0.2, 0) is 11.3 Å². The molecule has 0 spiro atoms. The van der Waals surface area contributed by atoms with Crippen molar-refractivity contribution in [3.63, 3.8) is 0 Å². The van der Waals surface area contributed by atoms with Gasteiger partial charge in [-0.2, -0.15) is 0 Å². The maximum Gasteiger partial charge on any atom is 0.144 e. The topological polar surface area (TPSA) is 47.3 Å². The summed E-state index contributed by atoms with van der Waals surface area (Å²) in [5.74, 6) is 1.71. The molecule has 0 atom stereocenters. The normalized spacial score (nSPS) is 16.1. The van der Waals surface area contributed by atoms with E-state index in [2.05, 4.69) is 10.5 Å². The van der Waals surface area contributed by atoms with Gasteiger partial charge in [-0.25, -0.2) is 0 Å². The average Bonchev–Trinajstić information content (AvgIpc) is 2.94. The molecular formula is C10H16N2O2. The van der Waals surface area contributed by atoms with Gasteiger partial charge in [0.25, 0.3) is 0 Å². The highest BCUT2D eigenvalue weighted by atomic mass is 16.5. The van der Waals surface area contributed by atoms with Gasteiger partial charge >= 0.3 is 0 Å². The minimum absolute atomic E-state index is 0.636. The summed E-state index contributed by atoms with van der Waals surface area (Å²) in [5, 5.41) is 7.12. The SMILES string of the molecule is COCCNCc1cnoc1C1CC1. The highest BCUT2D eigenvalue weighted by Crippen LogP contribution is 2.41. The zero-order valence-corrected chi connectivity index (χ0v) is 8.45. The molecule has 0 amide bonds. The molecule has 1 N–H and O–H groups in total. The summed E-state index contributed by atoms with van der Waals surface area (Å²) in [6.07, 6.45) is 4.31. The van der Waals surface area contributed by atoms with Gasteiger partial charge in [0, 0.05) is 31.7 Å². The lowest BCUT2D eigenvalue weighted by atomic mass is 10.2. The van der Waals surface area contributed by atoms with Crippen LogP contribution in [0.3, 0.4) is 0 Å². The van der Waals surface area contributed by atoms with Gasteiger partial charge in [-0.15, -0.1) is 0 Å². The highest BCUT2D eigenvalue weighted by Gasteiger charge is 2.29. The molecule has 2 rings (SSSR count). The van der Waals surface area contributed by atoms with Crippen LogP contribution < -0.4 is 5.32 Å².